The van der Waals surface area contributed by atoms with Crippen LogP contribution >= 0.6 is 0 Å². The average Bonchev–Trinajstić information content (AvgIpc) is 3.20. The summed E-state index contributed by atoms with van der Waals surface area (Å²) in [5, 5.41) is 18.1. The van der Waals surface area contributed by atoms with Gasteiger partial charge < -0.3 is 0 Å². The molecule has 0 radical (unpaired) electrons. The number of aromatic nitrogens is 3. The van der Waals surface area contributed by atoms with E-state index in [0.717, 1.165) is 5.56 Å². The summed E-state index contributed by atoms with van der Waals surface area (Å²) in [7, 11) is 0. The van der Waals surface area contributed by atoms with Gasteiger partial charge in [0.05, 0.1) is 33.1 Å². The molecule has 2 aromatic carbocycles. The highest BCUT2D eigenvalue weighted by Gasteiger charge is 2.20. The van der Waals surface area contributed by atoms with Crippen LogP contribution in [0.2, 0.25) is 0 Å². The highest BCUT2D eigenvalue weighted by Crippen LogP contribution is 2.22. The van der Waals surface area contributed by atoms with Crippen molar-refractivity contribution < 1.29 is 9.72 Å². The lowest BCUT2D eigenvalue weighted by Gasteiger charge is -2.04. The fourth-order valence-corrected chi connectivity index (χ4v) is 3.24. The maximum Gasteiger partial charge on any atom is 0.281 e. The molecule has 0 spiro atoms. The Morgan fingerprint density at radius 2 is 1.82 bits per heavy atom. The third kappa shape index (κ3) is 4.44. The van der Waals surface area contributed by atoms with Gasteiger partial charge in [0.1, 0.15) is 0 Å². The number of nitro benzene ring substituents is 1. The molecule has 4 rings (SSSR count). The van der Waals surface area contributed by atoms with Crippen LogP contribution in [0.1, 0.15) is 22.8 Å². The predicted molar refractivity (Wildman–Crippen MR) is 122 cm³/mol. The Morgan fingerprint density at radius 1 is 1.09 bits per heavy atom. The molecule has 2 aromatic heterocycles. The molecular weight excluding hydrogens is 424 g/mol. The molecule has 0 bridgehead atoms. The number of carbonyl (C=O) groups excluding carboxylic acids is 1. The number of pyridine rings is 1. The maximum atomic E-state index is 13.3. The fourth-order valence-electron chi connectivity index (χ4n) is 3.24. The molecule has 0 fully saturated rings. The highest BCUT2D eigenvalue weighted by molar-refractivity contribution is 6.04. The molecular formula is C23H18N6O4. The van der Waals surface area contributed by atoms with Crippen LogP contribution in [0.5, 0.6) is 0 Å². The van der Waals surface area contributed by atoms with Crippen LogP contribution < -0.4 is 11.0 Å². The number of nitrogens with one attached hydrogen (secondary N) is 2. The lowest BCUT2D eigenvalue weighted by molar-refractivity contribution is -0.384. The Bertz CT molecular complexity index is 1390. The maximum absolute atomic E-state index is 13.3. The summed E-state index contributed by atoms with van der Waals surface area (Å²) < 4.78 is 1.28. The number of benzene rings is 2. The summed E-state index contributed by atoms with van der Waals surface area (Å²) in [4.78, 5) is 40.0. The zero-order valence-corrected chi connectivity index (χ0v) is 17.4. The van der Waals surface area contributed by atoms with Gasteiger partial charge in [0.2, 0.25) is 0 Å². The standard InChI is InChI=1S/C23H18N6O4/c1-15(25-26-22(30)17-8-5-13-24-14-17)20-21(16-6-3-2-4-7-16)27-28(23(20)31)18-9-11-19(12-10-18)29(32)33/h2-14,27H,1H3,(H,26,30)/b25-15+. The third-order valence-corrected chi connectivity index (χ3v) is 4.88. The minimum atomic E-state index is -0.510. The number of nitro groups is 1. The van der Waals surface area contributed by atoms with E-state index in [1.807, 2.05) is 30.3 Å². The van der Waals surface area contributed by atoms with Gasteiger partial charge >= 0.3 is 0 Å². The van der Waals surface area contributed by atoms with Crippen molar-refractivity contribution >= 4 is 17.3 Å². The van der Waals surface area contributed by atoms with E-state index in [1.54, 1.807) is 25.3 Å². The van der Waals surface area contributed by atoms with Crippen molar-refractivity contribution in [1.82, 2.24) is 20.2 Å². The Morgan fingerprint density at radius 3 is 2.45 bits per heavy atom. The largest absolute Gasteiger partial charge is 0.290 e. The average molecular weight is 442 g/mol. The molecule has 2 heterocycles. The zero-order valence-electron chi connectivity index (χ0n) is 17.4. The predicted octanol–water partition coefficient (Wildman–Crippen LogP) is 3.29. The lowest BCUT2D eigenvalue weighted by atomic mass is 10.1. The second kappa shape index (κ2) is 9.10. The second-order valence-corrected chi connectivity index (χ2v) is 7.02. The van der Waals surface area contributed by atoms with Gasteiger partial charge in [-0.15, -0.1) is 0 Å². The fraction of sp³-hybridized carbons (Fsp3) is 0.0435. The summed E-state index contributed by atoms with van der Waals surface area (Å²) in [6, 6.07) is 18.0. The molecule has 2 N–H and O–H groups in total. The molecule has 164 valence electrons. The third-order valence-electron chi connectivity index (χ3n) is 4.88. The van der Waals surface area contributed by atoms with Gasteiger partial charge in [-0.1, -0.05) is 30.3 Å². The van der Waals surface area contributed by atoms with E-state index in [1.165, 1.54) is 35.1 Å². The van der Waals surface area contributed by atoms with Crippen LogP contribution in [0.3, 0.4) is 0 Å². The number of non-ortho nitro benzene ring substituents is 1. The number of carbonyl (C=O) groups is 1. The first kappa shape index (κ1) is 21.4. The van der Waals surface area contributed by atoms with E-state index >= 15 is 0 Å². The SMILES string of the molecule is C/C(=N\NC(=O)c1cccnc1)c1c(-c2ccccc2)[nH]n(-c2ccc([N+](=O)[O-])cc2)c1=O. The van der Waals surface area contributed by atoms with E-state index in [4.69, 9.17) is 0 Å². The van der Waals surface area contributed by atoms with Crippen molar-refractivity contribution in [2.24, 2.45) is 5.10 Å². The van der Waals surface area contributed by atoms with Crippen molar-refractivity contribution in [3.8, 4) is 16.9 Å². The first-order valence-corrected chi connectivity index (χ1v) is 9.86. The van der Waals surface area contributed by atoms with E-state index < -0.39 is 16.4 Å². The summed E-state index contributed by atoms with van der Waals surface area (Å²) in [5.74, 6) is -0.463. The van der Waals surface area contributed by atoms with E-state index in [0.29, 0.717) is 16.9 Å². The summed E-state index contributed by atoms with van der Waals surface area (Å²) in [5.41, 5.74) is 4.46. The van der Waals surface area contributed by atoms with Gasteiger partial charge in [-0.2, -0.15) is 5.10 Å². The Labute approximate surface area is 187 Å². The van der Waals surface area contributed by atoms with Gasteiger partial charge in [0.15, 0.2) is 0 Å². The molecule has 0 aliphatic heterocycles. The first-order valence-electron chi connectivity index (χ1n) is 9.86. The molecule has 0 saturated carbocycles. The number of amides is 1. The van der Waals surface area contributed by atoms with Crippen molar-refractivity contribution in [3.05, 3.63) is 111 Å². The second-order valence-electron chi connectivity index (χ2n) is 7.02. The molecule has 0 saturated heterocycles. The quantitative estimate of drug-likeness (QED) is 0.268. The molecule has 10 heteroatoms. The molecule has 0 unspecified atom stereocenters. The van der Waals surface area contributed by atoms with Gasteiger partial charge in [-0.25, -0.2) is 10.1 Å². The molecule has 1 amide bonds. The Hall–Kier alpha value is -4.86. The number of hydrogen-bond acceptors (Lipinski definition) is 6. The lowest BCUT2D eigenvalue weighted by Crippen LogP contribution is -2.23. The van der Waals surface area contributed by atoms with Crippen LogP contribution in [0.25, 0.3) is 16.9 Å². The number of H-pyrrole nitrogens is 1. The topological polar surface area (TPSA) is 135 Å². The molecule has 0 aliphatic rings. The van der Waals surface area contributed by atoms with E-state index in [-0.39, 0.29) is 17.0 Å². The summed E-state index contributed by atoms with van der Waals surface area (Å²) in [6.07, 6.45) is 2.96. The van der Waals surface area contributed by atoms with Gasteiger partial charge in [-0.3, -0.25) is 29.8 Å². The van der Waals surface area contributed by atoms with Crippen LogP contribution in [-0.4, -0.2) is 31.3 Å². The Balaban J connectivity index is 1.76. The van der Waals surface area contributed by atoms with Gasteiger partial charge in [0.25, 0.3) is 17.2 Å². The van der Waals surface area contributed by atoms with Crippen molar-refractivity contribution in [2.45, 2.75) is 6.92 Å². The van der Waals surface area contributed by atoms with Crippen LogP contribution in [0, 0.1) is 10.1 Å². The number of hydrazone groups is 1. The van der Waals surface area contributed by atoms with Crippen molar-refractivity contribution in [3.63, 3.8) is 0 Å². The van der Waals surface area contributed by atoms with Crippen LogP contribution in [-0.2, 0) is 0 Å². The zero-order chi connectivity index (χ0) is 23.4. The van der Waals surface area contributed by atoms with E-state index in [9.17, 15) is 19.7 Å². The van der Waals surface area contributed by atoms with Crippen molar-refractivity contribution in [1.29, 1.82) is 0 Å². The summed E-state index contributed by atoms with van der Waals surface area (Å²) in [6.45, 7) is 1.61. The minimum Gasteiger partial charge on any atom is -0.290 e. The van der Waals surface area contributed by atoms with Crippen molar-refractivity contribution in [2.75, 3.05) is 0 Å². The van der Waals surface area contributed by atoms with E-state index in [2.05, 4.69) is 20.6 Å². The molecule has 0 aliphatic carbocycles. The number of rotatable bonds is 6. The highest BCUT2D eigenvalue weighted by atomic mass is 16.6. The number of aromatic amines is 1. The van der Waals surface area contributed by atoms with Gasteiger partial charge in [0, 0.05) is 30.1 Å². The summed E-state index contributed by atoms with van der Waals surface area (Å²) >= 11 is 0. The monoisotopic (exact) mass is 442 g/mol. The Kier molecular flexibility index (Phi) is 5.90. The number of nitrogens with zero attached hydrogens (tertiary/aromatic N) is 4. The molecule has 10 nitrogen and oxygen atoms in total. The number of hydrogen-bond donors (Lipinski definition) is 2. The smallest absolute Gasteiger partial charge is 0.281 e. The molecule has 33 heavy (non-hydrogen) atoms. The molecule has 4 aromatic rings. The molecule has 0 atom stereocenters. The normalized spacial score (nSPS) is 11.2. The van der Waals surface area contributed by atoms with Gasteiger partial charge in [-0.05, 0) is 31.2 Å². The minimum absolute atomic E-state index is 0.0854. The van der Waals surface area contributed by atoms with Crippen LogP contribution in [0.15, 0.2) is 89.0 Å². The van der Waals surface area contributed by atoms with Crippen LogP contribution in [0.4, 0.5) is 5.69 Å². The first-order chi connectivity index (χ1) is 16.0.